The van der Waals surface area contributed by atoms with Gasteiger partial charge in [0.05, 0.1) is 6.61 Å². The van der Waals surface area contributed by atoms with Gasteiger partial charge in [-0.15, -0.1) is 0 Å². The van der Waals surface area contributed by atoms with E-state index in [9.17, 15) is 0 Å². The summed E-state index contributed by atoms with van der Waals surface area (Å²) in [4.78, 5) is 2.41. The van der Waals surface area contributed by atoms with Crippen molar-refractivity contribution in [3.05, 3.63) is 29.8 Å². The Morgan fingerprint density at radius 1 is 1.35 bits per heavy atom. The number of likely N-dealkylation sites (N-methyl/N-ethyl adjacent to an activating group) is 1. The minimum Gasteiger partial charge on any atom is -0.494 e. The predicted molar refractivity (Wildman–Crippen MR) is 84.3 cm³/mol. The van der Waals surface area contributed by atoms with Gasteiger partial charge in [-0.2, -0.15) is 0 Å². The van der Waals surface area contributed by atoms with E-state index in [-0.39, 0.29) is 0 Å². The molecule has 1 heterocycles. The predicted octanol–water partition coefficient (Wildman–Crippen LogP) is 3.22. The highest BCUT2D eigenvalue weighted by atomic mass is 16.5. The van der Waals surface area contributed by atoms with Crippen LogP contribution in [0.15, 0.2) is 24.3 Å². The van der Waals surface area contributed by atoms with Crippen LogP contribution < -0.4 is 10.1 Å². The van der Waals surface area contributed by atoms with Crippen LogP contribution in [0.1, 0.15) is 44.7 Å². The number of benzene rings is 1. The van der Waals surface area contributed by atoms with Gasteiger partial charge in [-0.1, -0.05) is 19.1 Å². The molecule has 2 unspecified atom stereocenters. The second-order valence-corrected chi connectivity index (χ2v) is 5.91. The maximum absolute atomic E-state index is 5.63. The summed E-state index contributed by atoms with van der Waals surface area (Å²) in [7, 11) is 2.21. The van der Waals surface area contributed by atoms with E-state index in [1.807, 2.05) is 0 Å². The fourth-order valence-corrected chi connectivity index (χ4v) is 2.82. The lowest BCUT2D eigenvalue weighted by molar-refractivity contribution is 0.218. The lowest BCUT2D eigenvalue weighted by atomic mass is 10.0. The van der Waals surface area contributed by atoms with Crippen LogP contribution in [0, 0.1) is 0 Å². The fraction of sp³-hybridized carbons (Fsp3) is 0.647. The van der Waals surface area contributed by atoms with Crippen LogP contribution in [0.5, 0.6) is 5.75 Å². The quantitative estimate of drug-likeness (QED) is 0.863. The zero-order chi connectivity index (χ0) is 14.4. The van der Waals surface area contributed by atoms with Gasteiger partial charge >= 0.3 is 0 Å². The van der Waals surface area contributed by atoms with Crippen molar-refractivity contribution in [1.29, 1.82) is 0 Å². The molecule has 1 fully saturated rings. The van der Waals surface area contributed by atoms with Crippen LogP contribution in [-0.2, 0) is 0 Å². The maximum Gasteiger partial charge on any atom is 0.119 e. The summed E-state index contributed by atoms with van der Waals surface area (Å²) in [6.45, 7) is 7.55. The summed E-state index contributed by atoms with van der Waals surface area (Å²) < 4.78 is 5.63. The molecule has 0 bridgehead atoms. The van der Waals surface area contributed by atoms with E-state index in [4.69, 9.17) is 4.74 Å². The Labute approximate surface area is 123 Å². The van der Waals surface area contributed by atoms with Gasteiger partial charge in [0, 0.05) is 18.6 Å². The number of likely N-dealkylation sites (tertiary alicyclic amines) is 1. The minimum atomic E-state index is 0.395. The molecule has 20 heavy (non-hydrogen) atoms. The summed E-state index contributed by atoms with van der Waals surface area (Å²) >= 11 is 0. The largest absolute Gasteiger partial charge is 0.494 e. The zero-order valence-corrected chi connectivity index (χ0v) is 13.1. The average molecular weight is 276 g/mol. The Balaban J connectivity index is 1.86. The minimum absolute atomic E-state index is 0.395. The number of piperidine rings is 1. The summed E-state index contributed by atoms with van der Waals surface area (Å²) in [6.07, 6.45) is 3.63. The molecule has 3 heteroatoms. The molecule has 1 aromatic rings. The molecule has 1 saturated heterocycles. The van der Waals surface area contributed by atoms with Crippen molar-refractivity contribution in [2.75, 3.05) is 26.7 Å². The third-order valence-corrected chi connectivity index (χ3v) is 3.96. The van der Waals surface area contributed by atoms with Gasteiger partial charge in [0.1, 0.15) is 5.75 Å². The summed E-state index contributed by atoms with van der Waals surface area (Å²) in [5, 5.41) is 3.75. The molecule has 112 valence electrons. The number of hydrogen-bond donors (Lipinski definition) is 1. The van der Waals surface area contributed by atoms with E-state index in [0.717, 1.165) is 25.3 Å². The van der Waals surface area contributed by atoms with E-state index < -0.39 is 0 Å². The lowest BCUT2D eigenvalue weighted by Gasteiger charge is -2.32. The van der Waals surface area contributed by atoms with Crippen LogP contribution in [0.25, 0.3) is 0 Å². The van der Waals surface area contributed by atoms with Crippen LogP contribution in [0.3, 0.4) is 0 Å². The Kier molecular flexibility index (Phi) is 5.86. The molecule has 1 aliphatic rings. The molecule has 1 aliphatic heterocycles. The lowest BCUT2D eigenvalue weighted by Crippen LogP contribution is -2.44. The highest BCUT2D eigenvalue weighted by Crippen LogP contribution is 2.19. The summed E-state index contributed by atoms with van der Waals surface area (Å²) in [5.74, 6) is 0.972. The number of nitrogens with one attached hydrogen (secondary N) is 1. The number of ether oxygens (including phenoxy) is 1. The van der Waals surface area contributed by atoms with Crippen molar-refractivity contribution in [1.82, 2.24) is 10.2 Å². The number of rotatable bonds is 6. The maximum atomic E-state index is 5.63. The van der Waals surface area contributed by atoms with E-state index in [0.29, 0.717) is 12.1 Å². The molecule has 2 rings (SSSR count). The van der Waals surface area contributed by atoms with E-state index >= 15 is 0 Å². The van der Waals surface area contributed by atoms with Gasteiger partial charge in [-0.3, -0.25) is 0 Å². The standard InChI is InChI=1S/C17H28N2O/c1-4-12-20-17-9-7-15(8-10-17)14(2)18-16-6-5-11-19(3)13-16/h7-10,14,16,18H,4-6,11-13H2,1-3H3. The van der Waals surface area contributed by atoms with Gasteiger partial charge in [0.25, 0.3) is 0 Å². The smallest absolute Gasteiger partial charge is 0.119 e. The van der Waals surface area contributed by atoms with E-state index in [2.05, 4.69) is 55.4 Å². The van der Waals surface area contributed by atoms with Gasteiger partial charge in [0.15, 0.2) is 0 Å². The molecule has 0 spiro atoms. The Morgan fingerprint density at radius 2 is 2.10 bits per heavy atom. The van der Waals surface area contributed by atoms with Crippen LogP contribution >= 0.6 is 0 Å². The molecule has 0 amide bonds. The molecule has 0 aromatic heterocycles. The van der Waals surface area contributed by atoms with Crippen LogP contribution in [0.2, 0.25) is 0 Å². The highest BCUT2D eigenvalue weighted by molar-refractivity contribution is 5.29. The first-order valence-corrected chi connectivity index (χ1v) is 7.86. The molecule has 0 radical (unpaired) electrons. The second-order valence-electron chi connectivity index (χ2n) is 5.91. The van der Waals surface area contributed by atoms with Crippen molar-refractivity contribution < 1.29 is 4.74 Å². The van der Waals surface area contributed by atoms with E-state index in [1.54, 1.807) is 0 Å². The van der Waals surface area contributed by atoms with Gasteiger partial charge in [-0.05, 0) is 57.5 Å². The van der Waals surface area contributed by atoms with Crippen LogP contribution in [0.4, 0.5) is 0 Å². The first kappa shape index (κ1) is 15.3. The first-order valence-electron chi connectivity index (χ1n) is 7.86. The topological polar surface area (TPSA) is 24.5 Å². The van der Waals surface area contributed by atoms with Gasteiger partial charge in [-0.25, -0.2) is 0 Å². The highest BCUT2D eigenvalue weighted by Gasteiger charge is 2.19. The van der Waals surface area contributed by atoms with Crippen LogP contribution in [-0.4, -0.2) is 37.7 Å². The van der Waals surface area contributed by atoms with Crippen molar-refractivity contribution in [3.63, 3.8) is 0 Å². The zero-order valence-electron chi connectivity index (χ0n) is 13.1. The van der Waals surface area contributed by atoms with Crippen molar-refractivity contribution >= 4 is 0 Å². The molecular formula is C17H28N2O. The summed E-state index contributed by atoms with van der Waals surface area (Å²) in [6, 6.07) is 9.52. The summed E-state index contributed by atoms with van der Waals surface area (Å²) in [5.41, 5.74) is 1.34. The van der Waals surface area contributed by atoms with Crippen molar-refractivity contribution in [2.45, 2.75) is 45.2 Å². The molecule has 2 atom stereocenters. The number of hydrogen-bond acceptors (Lipinski definition) is 3. The third kappa shape index (κ3) is 4.50. The molecule has 1 N–H and O–H groups in total. The molecular weight excluding hydrogens is 248 g/mol. The monoisotopic (exact) mass is 276 g/mol. The SMILES string of the molecule is CCCOc1ccc(C(C)NC2CCCN(C)C2)cc1. The van der Waals surface area contributed by atoms with Gasteiger partial charge in [0.2, 0.25) is 0 Å². The molecule has 0 saturated carbocycles. The molecule has 1 aromatic carbocycles. The van der Waals surface area contributed by atoms with Crippen molar-refractivity contribution in [2.24, 2.45) is 0 Å². The Morgan fingerprint density at radius 3 is 2.75 bits per heavy atom. The Bertz CT molecular complexity index is 390. The third-order valence-electron chi connectivity index (χ3n) is 3.96. The Hall–Kier alpha value is -1.06. The fourth-order valence-electron chi connectivity index (χ4n) is 2.82. The average Bonchev–Trinajstić information content (AvgIpc) is 2.45. The van der Waals surface area contributed by atoms with Crippen molar-refractivity contribution in [3.8, 4) is 5.75 Å². The molecule has 0 aliphatic carbocycles. The van der Waals surface area contributed by atoms with E-state index in [1.165, 1.54) is 24.9 Å². The second kappa shape index (κ2) is 7.65. The van der Waals surface area contributed by atoms with Gasteiger partial charge < -0.3 is 15.0 Å². The molecule has 3 nitrogen and oxygen atoms in total. The first-order chi connectivity index (χ1) is 9.69. The number of nitrogens with zero attached hydrogens (tertiary/aromatic N) is 1. The normalized spacial score (nSPS) is 21.6.